The van der Waals surface area contributed by atoms with Crippen molar-refractivity contribution in [2.75, 3.05) is 16.2 Å². The second kappa shape index (κ2) is 6.41. The number of nitrogens with one attached hydrogen (secondary N) is 1. The fourth-order valence-corrected chi connectivity index (χ4v) is 3.74. The Hall–Kier alpha value is -2.12. The first kappa shape index (κ1) is 16.7. The van der Waals surface area contributed by atoms with Crippen molar-refractivity contribution < 1.29 is 17.6 Å². The van der Waals surface area contributed by atoms with Crippen LogP contribution in [-0.2, 0) is 14.8 Å². The van der Waals surface area contributed by atoms with Crippen molar-refractivity contribution in [3.8, 4) is 0 Å². The van der Waals surface area contributed by atoms with Gasteiger partial charge in [0.05, 0.1) is 10.6 Å². The SMILES string of the molecule is O=C1CCCN1c1ccc(S(=O)(=O)Nc2cc(Cl)ccc2F)cc1. The van der Waals surface area contributed by atoms with E-state index in [1.54, 1.807) is 17.0 Å². The summed E-state index contributed by atoms with van der Waals surface area (Å²) in [6.07, 6.45) is 1.28. The molecule has 126 valence electrons. The lowest BCUT2D eigenvalue weighted by Gasteiger charge is -2.16. The van der Waals surface area contributed by atoms with E-state index < -0.39 is 15.8 Å². The molecule has 5 nitrogen and oxygen atoms in total. The highest BCUT2D eigenvalue weighted by molar-refractivity contribution is 7.92. The summed E-state index contributed by atoms with van der Waals surface area (Å²) in [4.78, 5) is 13.3. The molecule has 0 aliphatic carbocycles. The predicted molar refractivity (Wildman–Crippen MR) is 90.2 cm³/mol. The Morgan fingerprint density at radius 1 is 1.12 bits per heavy atom. The monoisotopic (exact) mass is 368 g/mol. The van der Waals surface area contributed by atoms with Crippen LogP contribution in [0, 0.1) is 5.82 Å². The van der Waals surface area contributed by atoms with Gasteiger partial charge in [-0.2, -0.15) is 0 Å². The first-order valence-corrected chi connectivity index (χ1v) is 9.11. The van der Waals surface area contributed by atoms with Gasteiger partial charge >= 0.3 is 0 Å². The average Bonchev–Trinajstić information content (AvgIpc) is 2.97. The predicted octanol–water partition coefficient (Wildman–Crippen LogP) is 3.41. The summed E-state index contributed by atoms with van der Waals surface area (Å²) in [5.41, 5.74) is 0.423. The van der Waals surface area contributed by atoms with Gasteiger partial charge in [-0.15, -0.1) is 0 Å². The van der Waals surface area contributed by atoms with Gasteiger partial charge in [0.1, 0.15) is 5.82 Å². The van der Waals surface area contributed by atoms with Crippen LogP contribution in [0.2, 0.25) is 5.02 Å². The van der Waals surface area contributed by atoms with Crippen molar-refractivity contribution in [1.82, 2.24) is 0 Å². The van der Waals surface area contributed by atoms with Crippen LogP contribution < -0.4 is 9.62 Å². The molecule has 8 heteroatoms. The van der Waals surface area contributed by atoms with E-state index in [1.165, 1.54) is 24.3 Å². The Labute approximate surface area is 144 Å². The van der Waals surface area contributed by atoms with Gasteiger partial charge in [0, 0.05) is 23.7 Å². The molecule has 1 heterocycles. The minimum atomic E-state index is -3.96. The van der Waals surface area contributed by atoms with Gasteiger partial charge in [0.25, 0.3) is 10.0 Å². The molecular formula is C16H14ClFN2O3S. The summed E-state index contributed by atoms with van der Waals surface area (Å²) in [5.74, 6) is -0.702. The van der Waals surface area contributed by atoms with Crippen LogP contribution in [0.25, 0.3) is 0 Å². The molecule has 0 spiro atoms. The Morgan fingerprint density at radius 2 is 1.83 bits per heavy atom. The first-order valence-electron chi connectivity index (χ1n) is 7.25. The first-order chi connectivity index (χ1) is 11.4. The molecule has 2 aromatic carbocycles. The zero-order valence-electron chi connectivity index (χ0n) is 12.5. The molecule has 0 atom stereocenters. The molecule has 0 aromatic heterocycles. The maximum atomic E-state index is 13.7. The van der Waals surface area contributed by atoms with Crippen LogP contribution >= 0.6 is 11.6 Å². The van der Waals surface area contributed by atoms with Crippen molar-refractivity contribution in [3.63, 3.8) is 0 Å². The largest absolute Gasteiger partial charge is 0.312 e. The molecule has 1 aliphatic rings. The van der Waals surface area contributed by atoms with Crippen molar-refractivity contribution in [3.05, 3.63) is 53.3 Å². The molecule has 1 fully saturated rings. The van der Waals surface area contributed by atoms with Gasteiger partial charge in [0.2, 0.25) is 5.91 Å². The number of rotatable bonds is 4. The van der Waals surface area contributed by atoms with Crippen molar-refractivity contribution in [1.29, 1.82) is 0 Å². The average molecular weight is 369 g/mol. The molecule has 0 bridgehead atoms. The van der Waals surface area contributed by atoms with Gasteiger partial charge < -0.3 is 4.90 Å². The zero-order valence-corrected chi connectivity index (χ0v) is 14.1. The van der Waals surface area contributed by atoms with E-state index in [1.807, 2.05) is 0 Å². The number of anilines is 2. The molecule has 0 unspecified atom stereocenters. The smallest absolute Gasteiger partial charge is 0.261 e. The standard InChI is InChI=1S/C16H14ClFN2O3S/c17-11-3-8-14(18)15(10-11)19-24(22,23)13-6-4-12(5-7-13)20-9-1-2-16(20)21/h3-8,10,19H,1-2,9H2. The Bertz CT molecular complexity index is 885. The molecule has 0 saturated carbocycles. The lowest BCUT2D eigenvalue weighted by Crippen LogP contribution is -2.23. The summed E-state index contributed by atoms with van der Waals surface area (Å²) in [5, 5.41) is 0.219. The lowest BCUT2D eigenvalue weighted by molar-refractivity contribution is -0.117. The summed E-state index contributed by atoms with van der Waals surface area (Å²) >= 11 is 5.76. The van der Waals surface area contributed by atoms with Crippen molar-refractivity contribution in [2.24, 2.45) is 0 Å². The Morgan fingerprint density at radius 3 is 2.46 bits per heavy atom. The van der Waals surface area contributed by atoms with Crippen LogP contribution in [0.1, 0.15) is 12.8 Å². The molecule has 1 aliphatic heterocycles. The van der Waals surface area contributed by atoms with Crippen molar-refractivity contribution >= 4 is 38.9 Å². The van der Waals surface area contributed by atoms with Gasteiger partial charge in [-0.3, -0.25) is 9.52 Å². The van der Waals surface area contributed by atoms with E-state index in [2.05, 4.69) is 4.72 Å². The molecular weight excluding hydrogens is 355 g/mol. The quantitative estimate of drug-likeness (QED) is 0.899. The minimum Gasteiger partial charge on any atom is -0.312 e. The normalized spacial score (nSPS) is 14.9. The summed E-state index contributed by atoms with van der Waals surface area (Å²) in [6.45, 7) is 0.622. The van der Waals surface area contributed by atoms with Crippen LogP contribution in [0.3, 0.4) is 0 Å². The molecule has 2 aromatic rings. The molecule has 24 heavy (non-hydrogen) atoms. The number of halogens is 2. The fraction of sp³-hybridized carbons (Fsp3) is 0.188. The summed E-state index contributed by atoms with van der Waals surface area (Å²) in [6, 6.07) is 9.50. The van der Waals surface area contributed by atoms with E-state index in [0.29, 0.717) is 18.7 Å². The van der Waals surface area contributed by atoms with Gasteiger partial charge in [-0.25, -0.2) is 12.8 Å². The van der Waals surface area contributed by atoms with Crippen LogP contribution in [-0.4, -0.2) is 20.9 Å². The molecule has 1 N–H and O–H groups in total. The number of sulfonamides is 1. The van der Waals surface area contributed by atoms with E-state index in [9.17, 15) is 17.6 Å². The zero-order chi connectivity index (χ0) is 17.3. The molecule has 1 amide bonds. The van der Waals surface area contributed by atoms with Crippen LogP contribution in [0.5, 0.6) is 0 Å². The summed E-state index contributed by atoms with van der Waals surface area (Å²) < 4.78 is 40.6. The van der Waals surface area contributed by atoms with E-state index in [0.717, 1.165) is 12.5 Å². The van der Waals surface area contributed by atoms with Gasteiger partial charge in [0.15, 0.2) is 0 Å². The lowest BCUT2D eigenvalue weighted by atomic mass is 10.3. The van der Waals surface area contributed by atoms with Crippen LogP contribution in [0.15, 0.2) is 47.4 Å². The molecule has 0 radical (unpaired) electrons. The number of benzene rings is 2. The third-order valence-electron chi connectivity index (χ3n) is 3.70. The third-order valence-corrected chi connectivity index (χ3v) is 5.32. The second-order valence-corrected chi connectivity index (χ2v) is 7.49. The Kier molecular flexibility index (Phi) is 4.47. The number of carbonyl (C=O) groups is 1. The number of hydrogen-bond acceptors (Lipinski definition) is 3. The number of amides is 1. The highest BCUT2D eigenvalue weighted by Crippen LogP contribution is 2.25. The Balaban J connectivity index is 1.84. The van der Waals surface area contributed by atoms with Crippen molar-refractivity contribution in [2.45, 2.75) is 17.7 Å². The van der Waals surface area contributed by atoms with E-state index in [-0.39, 0.29) is 21.5 Å². The third kappa shape index (κ3) is 3.37. The minimum absolute atomic E-state index is 0.0183. The highest BCUT2D eigenvalue weighted by atomic mass is 35.5. The van der Waals surface area contributed by atoms with Gasteiger partial charge in [-0.1, -0.05) is 11.6 Å². The maximum Gasteiger partial charge on any atom is 0.261 e. The highest BCUT2D eigenvalue weighted by Gasteiger charge is 2.22. The number of hydrogen-bond donors (Lipinski definition) is 1. The van der Waals surface area contributed by atoms with E-state index >= 15 is 0 Å². The van der Waals surface area contributed by atoms with E-state index in [4.69, 9.17) is 11.6 Å². The number of carbonyl (C=O) groups excluding carboxylic acids is 1. The van der Waals surface area contributed by atoms with Crippen LogP contribution in [0.4, 0.5) is 15.8 Å². The maximum absolute atomic E-state index is 13.7. The number of nitrogens with zero attached hydrogens (tertiary/aromatic N) is 1. The fourth-order valence-electron chi connectivity index (χ4n) is 2.51. The summed E-state index contributed by atoms with van der Waals surface area (Å²) in [7, 11) is -3.96. The molecule has 1 saturated heterocycles. The van der Waals surface area contributed by atoms with Gasteiger partial charge in [-0.05, 0) is 48.9 Å². The topological polar surface area (TPSA) is 66.5 Å². The molecule has 3 rings (SSSR count). The second-order valence-electron chi connectivity index (χ2n) is 5.37.